The van der Waals surface area contributed by atoms with Crippen molar-refractivity contribution in [2.24, 2.45) is 0 Å². The molecule has 2 aromatic carbocycles. The van der Waals surface area contributed by atoms with Crippen LogP contribution in [0.5, 0.6) is 0 Å². The molecule has 3 heteroatoms. The van der Waals surface area contributed by atoms with Crippen LogP contribution in [0.25, 0.3) is 16.5 Å². The van der Waals surface area contributed by atoms with Gasteiger partial charge in [-0.3, -0.25) is 0 Å². The van der Waals surface area contributed by atoms with Gasteiger partial charge in [0.15, 0.2) is 0 Å². The topological polar surface area (TPSA) is 27.8 Å². The SMILES string of the molecule is Clc1ccc(CCCCC2CC(c3ccccc3)=CCN2)c2cc[nH]c12. The molecule has 0 fully saturated rings. The lowest BCUT2D eigenvalue weighted by Crippen LogP contribution is -2.32. The van der Waals surface area contributed by atoms with Gasteiger partial charge in [0.1, 0.15) is 0 Å². The highest BCUT2D eigenvalue weighted by Crippen LogP contribution is 2.27. The number of hydrogen-bond acceptors (Lipinski definition) is 1. The summed E-state index contributed by atoms with van der Waals surface area (Å²) >= 11 is 6.25. The molecule has 2 nitrogen and oxygen atoms in total. The first kappa shape index (κ1) is 17.4. The third kappa shape index (κ3) is 3.87. The van der Waals surface area contributed by atoms with Crippen molar-refractivity contribution in [3.05, 3.63) is 77.0 Å². The molecule has 1 aromatic heterocycles. The lowest BCUT2D eigenvalue weighted by molar-refractivity contribution is 0.477. The van der Waals surface area contributed by atoms with Crippen molar-refractivity contribution >= 4 is 28.1 Å². The van der Waals surface area contributed by atoms with Gasteiger partial charge in [-0.15, -0.1) is 0 Å². The van der Waals surface area contributed by atoms with Crippen molar-refractivity contribution in [2.75, 3.05) is 6.54 Å². The lowest BCUT2D eigenvalue weighted by Gasteiger charge is -2.24. The number of benzene rings is 2. The number of hydrogen-bond donors (Lipinski definition) is 2. The summed E-state index contributed by atoms with van der Waals surface area (Å²) in [4.78, 5) is 3.24. The number of unbranched alkanes of at least 4 members (excludes halogenated alkanes) is 1. The highest BCUT2D eigenvalue weighted by Gasteiger charge is 2.15. The highest BCUT2D eigenvalue weighted by molar-refractivity contribution is 6.35. The summed E-state index contributed by atoms with van der Waals surface area (Å²) in [7, 11) is 0. The van der Waals surface area contributed by atoms with Gasteiger partial charge in [-0.25, -0.2) is 0 Å². The maximum Gasteiger partial charge on any atom is 0.0647 e. The van der Waals surface area contributed by atoms with Crippen LogP contribution in [0.1, 0.15) is 36.8 Å². The Kier molecular flexibility index (Phi) is 5.42. The summed E-state index contributed by atoms with van der Waals surface area (Å²) < 4.78 is 0. The molecular weight excluding hydrogens is 340 g/mol. The average Bonchev–Trinajstić information content (AvgIpc) is 3.19. The second-order valence-electron chi connectivity index (χ2n) is 7.12. The normalized spacial score (nSPS) is 17.4. The van der Waals surface area contributed by atoms with Gasteiger partial charge in [-0.2, -0.15) is 0 Å². The van der Waals surface area contributed by atoms with E-state index in [1.54, 1.807) is 0 Å². The summed E-state index contributed by atoms with van der Waals surface area (Å²) in [6.45, 7) is 0.982. The minimum Gasteiger partial charge on any atom is -0.360 e. The van der Waals surface area contributed by atoms with Crippen molar-refractivity contribution in [1.29, 1.82) is 0 Å². The average molecular weight is 365 g/mol. The first-order valence-corrected chi connectivity index (χ1v) is 9.91. The largest absolute Gasteiger partial charge is 0.360 e. The molecule has 134 valence electrons. The third-order valence-electron chi connectivity index (χ3n) is 5.38. The summed E-state index contributed by atoms with van der Waals surface area (Å²) in [5, 5.41) is 5.72. The van der Waals surface area contributed by atoms with Crippen LogP contribution in [0, 0.1) is 0 Å². The molecule has 1 unspecified atom stereocenters. The third-order valence-corrected chi connectivity index (χ3v) is 5.69. The molecule has 0 radical (unpaired) electrons. The van der Waals surface area contributed by atoms with Crippen LogP contribution in [0.2, 0.25) is 5.02 Å². The van der Waals surface area contributed by atoms with E-state index in [0.29, 0.717) is 6.04 Å². The molecule has 3 aromatic rings. The first-order chi connectivity index (χ1) is 12.8. The van der Waals surface area contributed by atoms with Crippen molar-refractivity contribution in [1.82, 2.24) is 10.3 Å². The van der Waals surface area contributed by atoms with Crippen LogP contribution in [0.15, 0.2) is 60.8 Å². The van der Waals surface area contributed by atoms with E-state index in [0.717, 1.165) is 29.9 Å². The van der Waals surface area contributed by atoms with Gasteiger partial charge >= 0.3 is 0 Å². The zero-order chi connectivity index (χ0) is 17.8. The van der Waals surface area contributed by atoms with Crippen LogP contribution in [0.4, 0.5) is 0 Å². The number of fused-ring (bicyclic) bond motifs is 1. The molecular formula is C23H25ClN2. The van der Waals surface area contributed by atoms with Crippen LogP contribution < -0.4 is 5.32 Å². The Morgan fingerprint density at radius 3 is 2.77 bits per heavy atom. The van der Waals surface area contributed by atoms with Crippen LogP contribution in [0.3, 0.4) is 0 Å². The number of halogens is 1. The molecule has 0 spiro atoms. The minimum atomic E-state index is 0.590. The Morgan fingerprint density at radius 1 is 1.00 bits per heavy atom. The monoisotopic (exact) mass is 364 g/mol. The quantitative estimate of drug-likeness (QED) is 0.517. The molecule has 2 heterocycles. The Bertz CT molecular complexity index is 895. The maximum atomic E-state index is 6.25. The Balaban J connectivity index is 1.29. The molecule has 2 N–H and O–H groups in total. The predicted octanol–water partition coefficient (Wildman–Crippen LogP) is 5.98. The van der Waals surface area contributed by atoms with Gasteiger partial charge in [0.25, 0.3) is 0 Å². The molecule has 0 saturated carbocycles. The first-order valence-electron chi connectivity index (χ1n) is 9.53. The lowest BCUT2D eigenvalue weighted by atomic mass is 9.92. The Hall–Kier alpha value is -2.03. The van der Waals surface area contributed by atoms with E-state index in [9.17, 15) is 0 Å². The molecule has 0 bridgehead atoms. The van der Waals surface area contributed by atoms with Crippen LogP contribution >= 0.6 is 11.6 Å². The number of rotatable bonds is 6. The van der Waals surface area contributed by atoms with Crippen molar-refractivity contribution in [2.45, 2.75) is 38.1 Å². The van der Waals surface area contributed by atoms with E-state index < -0.39 is 0 Å². The van der Waals surface area contributed by atoms with Crippen molar-refractivity contribution in [3.63, 3.8) is 0 Å². The van der Waals surface area contributed by atoms with Crippen LogP contribution in [-0.2, 0) is 6.42 Å². The molecule has 4 rings (SSSR count). The van der Waals surface area contributed by atoms with E-state index in [1.807, 2.05) is 12.3 Å². The summed E-state index contributed by atoms with van der Waals surface area (Å²) in [6.07, 6.45) is 10.2. The minimum absolute atomic E-state index is 0.590. The number of aryl methyl sites for hydroxylation is 1. The van der Waals surface area contributed by atoms with E-state index >= 15 is 0 Å². The Labute approximate surface area is 160 Å². The molecule has 0 amide bonds. The number of aromatic amines is 1. The standard InChI is InChI=1S/C23H25ClN2/c24-22-11-10-18(21-13-15-26-23(21)22)8-4-5-9-20-16-19(12-14-25-20)17-6-2-1-3-7-17/h1-3,6-7,10-13,15,20,25-26H,4-5,8-9,14,16H2. The zero-order valence-corrected chi connectivity index (χ0v) is 15.7. The van der Waals surface area contributed by atoms with E-state index in [1.165, 1.54) is 41.3 Å². The van der Waals surface area contributed by atoms with Gasteiger partial charge in [-0.05, 0) is 54.5 Å². The van der Waals surface area contributed by atoms with Gasteiger partial charge in [0.05, 0.1) is 10.5 Å². The number of H-pyrrole nitrogens is 1. The van der Waals surface area contributed by atoms with Crippen molar-refractivity contribution < 1.29 is 0 Å². The Morgan fingerprint density at radius 2 is 1.88 bits per heavy atom. The fourth-order valence-electron chi connectivity index (χ4n) is 3.97. The van der Waals surface area contributed by atoms with Crippen molar-refractivity contribution in [3.8, 4) is 0 Å². The summed E-state index contributed by atoms with van der Waals surface area (Å²) in [5.41, 5.74) is 5.32. The maximum absolute atomic E-state index is 6.25. The van der Waals surface area contributed by atoms with Gasteiger partial charge < -0.3 is 10.3 Å². The van der Waals surface area contributed by atoms with Gasteiger partial charge in [0, 0.05) is 24.2 Å². The van der Waals surface area contributed by atoms with E-state index in [4.69, 9.17) is 11.6 Å². The molecule has 1 aliphatic rings. The number of aromatic nitrogens is 1. The second-order valence-corrected chi connectivity index (χ2v) is 7.53. The molecule has 1 aliphatic heterocycles. The molecule has 26 heavy (non-hydrogen) atoms. The van der Waals surface area contributed by atoms with Gasteiger partial charge in [0.2, 0.25) is 0 Å². The molecule has 0 aliphatic carbocycles. The second kappa shape index (κ2) is 8.11. The predicted molar refractivity (Wildman–Crippen MR) is 112 cm³/mol. The molecule has 1 atom stereocenters. The van der Waals surface area contributed by atoms with Crippen LogP contribution in [-0.4, -0.2) is 17.6 Å². The van der Waals surface area contributed by atoms with E-state index in [2.05, 4.69) is 58.8 Å². The number of nitrogens with one attached hydrogen (secondary N) is 2. The summed E-state index contributed by atoms with van der Waals surface area (Å²) in [6, 6.07) is 17.7. The fourth-order valence-corrected chi connectivity index (χ4v) is 4.19. The highest BCUT2D eigenvalue weighted by atomic mass is 35.5. The smallest absolute Gasteiger partial charge is 0.0647 e. The fraction of sp³-hybridized carbons (Fsp3) is 0.304. The zero-order valence-electron chi connectivity index (χ0n) is 15.0. The molecule has 0 saturated heterocycles. The van der Waals surface area contributed by atoms with E-state index in [-0.39, 0.29) is 0 Å². The van der Waals surface area contributed by atoms with Gasteiger partial charge in [-0.1, -0.05) is 60.5 Å². The summed E-state index contributed by atoms with van der Waals surface area (Å²) in [5.74, 6) is 0.